The number of aromatic nitrogens is 1. The fraction of sp³-hybridized carbons (Fsp3) is 0.412. The average molecular weight is 570 g/mol. The second-order valence-corrected chi connectivity index (χ2v) is 11.6. The van der Waals surface area contributed by atoms with Crippen molar-refractivity contribution in [3.05, 3.63) is 89.7 Å². The van der Waals surface area contributed by atoms with Gasteiger partial charge >= 0.3 is 0 Å². The number of hydrogen-bond acceptors (Lipinski definition) is 6. The Morgan fingerprint density at radius 1 is 1.19 bits per heavy atom. The zero-order valence-electron chi connectivity index (χ0n) is 24.9. The molecule has 42 heavy (non-hydrogen) atoms. The Hall–Kier alpha value is -4.20. The first-order valence-corrected chi connectivity index (χ1v) is 14.9. The van der Waals surface area contributed by atoms with E-state index in [1.54, 1.807) is 12.4 Å². The van der Waals surface area contributed by atoms with E-state index in [1.807, 2.05) is 42.6 Å². The molecule has 3 unspecified atom stereocenters. The van der Waals surface area contributed by atoms with E-state index in [9.17, 15) is 4.79 Å². The molecule has 0 radical (unpaired) electrons. The van der Waals surface area contributed by atoms with Crippen LogP contribution in [-0.2, 0) is 4.79 Å². The third-order valence-electron chi connectivity index (χ3n) is 8.52. The highest BCUT2D eigenvalue weighted by molar-refractivity contribution is 6.06. The molecule has 0 bridgehead atoms. The molecule has 2 fully saturated rings. The van der Waals surface area contributed by atoms with Crippen molar-refractivity contribution in [1.82, 2.24) is 9.88 Å². The lowest BCUT2D eigenvalue weighted by molar-refractivity contribution is -0.122. The summed E-state index contributed by atoms with van der Waals surface area (Å²) in [4.78, 5) is 32.4. The first-order chi connectivity index (χ1) is 20.3. The van der Waals surface area contributed by atoms with E-state index in [0.717, 1.165) is 41.8 Å². The molecule has 8 nitrogen and oxygen atoms in total. The number of nitrogens with two attached hydrogens (primary N) is 1. The highest BCUT2D eigenvalue weighted by atomic mass is 16.3. The van der Waals surface area contributed by atoms with E-state index in [0.29, 0.717) is 35.0 Å². The SMILES string of the molecule is C=C(C1CCCC(C)C1)N1C=CN=C(N)/C1=C(\c1ccc(C(=O)Nc2cc(C3CC3)ccn2)cc1)C(C)CC.O=CO. The van der Waals surface area contributed by atoms with Crippen molar-refractivity contribution in [3.63, 3.8) is 0 Å². The number of nitrogens with zero attached hydrogens (tertiary/aromatic N) is 3. The molecule has 1 aliphatic heterocycles. The molecule has 2 heterocycles. The van der Waals surface area contributed by atoms with E-state index in [2.05, 4.69) is 47.5 Å². The lowest BCUT2D eigenvalue weighted by Crippen LogP contribution is -2.34. The van der Waals surface area contributed by atoms with E-state index in [4.69, 9.17) is 15.6 Å². The van der Waals surface area contributed by atoms with Crippen LogP contribution in [0.3, 0.4) is 0 Å². The molecule has 8 heteroatoms. The maximum Gasteiger partial charge on any atom is 0.290 e. The van der Waals surface area contributed by atoms with Gasteiger partial charge in [0.1, 0.15) is 11.7 Å². The lowest BCUT2D eigenvalue weighted by atomic mass is 9.80. The Morgan fingerprint density at radius 2 is 1.88 bits per heavy atom. The predicted molar refractivity (Wildman–Crippen MR) is 169 cm³/mol. The quantitative estimate of drug-likeness (QED) is 0.290. The molecule has 1 amide bonds. The fourth-order valence-electron chi connectivity index (χ4n) is 5.91. The molecule has 1 aromatic heterocycles. The molecule has 0 saturated heterocycles. The third kappa shape index (κ3) is 7.35. The van der Waals surface area contributed by atoms with Crippen LogP contribution in [0.1, 0.15) is 93.1 Å². The number of amidine groups is 1. The standard InChI is InChI=1S/C33H41N5O.CH2O2/c1-5-22(3)30(31-32(34)36-17-18-38(31)23(4)27-8-6-7-21(2)19-27)25-11-13-26(14-12-25)33(39)37-29-20-28(15-16-35-29)24-9-10-24;2-1-3/h11-18,20-22,24,27H,4-10,19H2,1-3H3,(H2,34,36)(H,35,37,39);1H,(H,2,3)/b31-30+;. The monoisotopic (exact) mass is 569 g/mol. The minimum absolute atomic E-state index is 0.164. The van der Waals surface area contributed by atoms with Gasteiger partial charge in [-0.3, -0.25) is 9.59 Å². The number of carboxylic acid groups (broad SMARTS) is 1. The molecule has 2 aliphatic carbocycles. The molecule has 5 rings (SSSR count). The van der Waals surface area contributed by atoms with Gasteiger partial charge in [-0.25, -0.2) is 9.98 Å². The Bertz CT molecular complexity index is 1370. The number of hydrogen-bond donors (Lipinski definition) is 3. The number of aliphatic imine (C=N–C) groups is 1. The summed E-state index contributed by atoms with van der Waals surface area (Å²) in [7, 11) is 0. The van der Waals surface area contributed by atoms with Crippen LogP contribution in [0, 0.1) is 17.8 Å². The van der Waals surface area contributed by atoms with Crippen LogP contribution >= 0.6 is 0 Å². The molecule has 3 atom stereocenters. The van der Waals surface area contributed by atoms with Crippen LogP contribution in [0.4, 0.5) is 5.82 Å². The van der Waals surface area contributed by atoms with Crippen LogP contribution in [0.5, 0.6) is 0 Å². The number of carbonyl (C=O) groups is 2. The predicted octanol–water partition coefficient (Wildman–Crippen LogP) is 7.15. The van der Waals surface area contributed by atoms with Crippen molar-refractivity contribution >= 4 is 29.6 Å². The fourth-order valence-corrected chi connectivity index (χ4v) is 5.91. The minimum Gasteiger partial charge on any atom is -0.483 e. The summed E-state index contributed by atoms with van der Waals surface area (Å²) in [6, 6.07) is 11.8. The van der Waals surface area contributed by atoms with Crippen LogP contribution in [0.15, 0.2) is 78.0 Å². The topological polar surface area (TPSA) is 121 Å². The van der Waals surface area contributed by atoms with Crippen LogP contribution in [0.2, 0.25) is 0 Å². The average Bonchev–Trinajstić information content (AvgIpc) is 3.84. The van der Waals surface area contributed by atoms with Crippen LogP contribution < -0.4 is 11.1 Å². The summed E-state index contributed by atoms with van der Waals surface area (Å²) in [5.41, 5.74) is 12.6. The summed E-state index contributed by atoms with van der Waals surface area (Å²) >= 11 is 0. The highest BCUT2D eigenvalue weighted by Gasteiger charge is 2.30. The number of amides is 1. The smallest absolute Gasteiger partial charge is 0.290 e. The molecule has 1 aromatic carbocycles. The first-order valence-electron chi connectivity index (χ1n) is 14.9. The normalized spacial score (nSPS) is 21.8. The zero-order valence-corrected chi connectivity index (χ0v) is 24.9. The van der Waals surface area contributed by atoms with Crippen LogP contribution in [-0.4, -0.2) is 33.2 Å². The van der Waals surface area contributed by atoms with Gasteiger partial charge in [0.05, 0.1) is 5.70 Å². The van der Waals surface area contributed by atoms with Crippen molar-refractivity contribution in [1.29, 1.82) is 0 Å². The number of allylic oxidation sites excluding steroid dienone is 2. The Kier molecular flexibility index (Phi) is 10.3. The van der Waals surface area contributed by atoms with Crippen molar-refractivity contribution < 1.29 is 14.7 Å². The van der Waals surface area contributed by atoms with E-state index < -0.39 is 0 Å². The Labute approximate surface area is 249 Å². The first kappa shape index (κ1) is 30.8. The summed E-state index contributed by atoms with van der Waals surface area (Å²) in [5, 5.41) is 9.85. The Balaban J connectivity index is 0.00000129. The summed E-state index contributed by atoms with van der Waals surface area (Å²) < 4.78 is 0. The zero-order chi connectivity index (χ0) is 30.2. The molecule has 0 spiro atoms. The van der Waals surface area contributed by atoms with Gasteiger partial charge in [-0.15, -0.1) is 0 Å². The van der Waals surface area contributed by atoms with Gasteiger partial charge in [-0.1, -0.05) is 52.3 Å². The lowest BCUT2D eigenvalue weighted by Gasteiger charge is -2.37. The molecule has 3 aliphatic rings. The van der Waals surface area contributed by atoms with Crippen molar-refractivity contribution in [3.8, 4) is 0 Å². The van der Waals surface area contributed by atoms with Gasteiger partial charge in [0.25, 0.3) is 12.4 Å². The summed E-state index contributed by atoms with van der Waals surface area (Å²) in [6.07, 6.45) is 13.7. The molecule has 2 aromatic rings. The van der Waals surface area contributed by atoms with E-state index >= 15 is 0 Å². The largest absolute Gasteiger partial charge is 0.483 e. The van der Waals surface area contributed by atoms with Gasteiger partial charge in [0.15, 0.2) is 0 Å². The van der Waals surface area contributed by atoms with Crippen molar-refractivity contribution in [2.75, 3.05) is 5.32 Å². The number of carbonyl (C=O) groups excluding carboxylic acids is 1. The molecular formula is C34H43N5O3. The molecular weight excluding hydrogens is 526 g/mol. The number of rotatable bonds is 8. The van der Waals surface area contributed by atoms with Gasteiger partial charge < -0.3 is 21.1 Å². The Morgan fingerprint density at radius 3 is 2.52 bits per heavy atom. The summed E-state index contributed by atoms with van der Waals surface area (Å²) in [5.74, 6) is 2.90. The number of pyridine rings is 1. The second kappa shape index (κ2) is 14.1. The maximum atomic E-state index is 13.0. The summed E-state index contributed by atoms with van der Waals surface area (Å²) in [6.45, 7) is 11.0. The van der Waals surface area contributed by atoms with Gasteiger partial charge in [-0.2, -0.15) is 0 Å². The number of nitrogens with one attached hydrogen (secondary N) is 1. The maximum absolute atomic E-state index is 13.0. The van der Waals surface area contributed by atoms with E-state index in [-0.39, 0.29) is 18.3 Å². The van der Waals surface area contributed by atoms with Gasteiger partial charge in [0, 0.05) is 29.9 Å². The number of benzene rings is 1. The third-order valence-corrected chi connectivity index (χ3v) is 8.52. The van der Waals surface area contributed by atoms with E-state index in [1.165, 1.54) is 31.2 Å². The molecule has 2 saturated carbocycles. The van der Waals surface area contributed by atoms with Crippen LogP contribution in [0.25, 0.3) is 5.57 Å². The molecule has 4 N–H and O–H groups in total. The van der Waals surface area contributed by atoms with Crippen molar-refractivity contribution in [2.24, 2.45) is 28.5 Å². The van der Waals surface area contributed by atoms with Gasteiger partial charge in [-0.05, 0) is 96.7 Å². The number of anilines is 1. The molecule has 222 valence electrons. The minimum atomic E-state index is -0.250. The van der Waals surface area contributed by atoms with Crippen molar-refractivity contribution in [2.45, 2.75) is 71.6 Å². The highest BCUT2D eigenvalue weighted by Crippen LogP contribution is 2.41. The van der Waals surface area contributed by atoms with Gasteiger partial charge in [0.2, 0.25) is 0 Å². The second-order valence-electron chi connectivity index (χ2n) is 11.6.